The minimum absolute atomic E-state index is 0.0670. The van der Waals surface area contributed by atoms with Gasteiger partial charge in [0.05, 0.1) is 11.8 Å². The molecule has 0 aromatic heterocycles. The SMILES string of the molecule is CCCCOC1CC(=NO)C1(C)C. The molecule has 3 heteroatoms. The third kappa shape index (κ3) is 2.02. The Hall–Kier alpha value is -0.570. The second-order valence-corrected chi connectivity index (χ2v) is 4.19. The van der Waals surface area contributed by atoms with Gasteiger partial charge in [-0.15, -0.1) is 0 Å². The largest absolute Gasteiger partial charge is 0.411 e. The Labute approximate surface area is 79.8 Å². The molecule has 76 valence electrons. The van der Waals surface area contributed by atoms with Crippen molar-refractivity contribution in [1.82, 2.24) is 0 Å². The van der Waals surface area contributed by atoms with E-state index < -0.39 is 0 Å². The van der Waals surface area contributed by atoms with Crippen molar-refractivity contribution in [2.24, 2.45) is 10.6 Å². The molecule has 0 amide bonds. The maximum atomic E-state index is 8.64. The fourth-order valence-electron chi connectivity index (χ4n) is 1.56. The van der Waals surface area contributed by atoms with Crippen molar-refractivity contribution in [2.45, 2.75) is 46.1 Å². The lowest BCUT2D eigenvalue weighted by atomic mass is 9.67. The molecule has 1 aliphatic rings. The summed E-state index contributed by atoms with van der Waals surface area (Å²) in [5, 5.41) is 11.9. The van der Waals surface area contributed by atoms with Crippen molar-refractivity contribution >= 4 is 5.71 Å². The molecule has 0 aliphatic heterocycles. The summed E-state index contributed by atoms with van der Waals surface area (Å²) in [4.78, 5) is 0. The van der Waals surface area contributed by atoms with Gasteiger partial charge in [0, 0.05) is 18.4 Å². The zero-order valence-corrected chi connectivity index (χ0v) is 8.71. The zero-order chi connectivity index (χ0) is 9.90. The summed E-state index contributed by atoms with van der Waals surface area (Å²) >= 11 is 0. The van der Waals surface area contributed by atoms with E-state index in [4.69, 9.17) is 9.94 Å². The van der Waals surface area contributed by atoms with Gasteiger partial charge >= 0.3 is 0 Å². The van der Waals surface area contributed by atoms with Crippen LogP contribution < -0.4 is 0 Å². The Bertz CT molecular complexity index is 199. The molecular formula is C10H19NO2. The predicted octanol–water partition coefficient (Wildman–Crippen LogP) is 2.43. The Morgan fingerprint density at radius 1 is 1.62 bits per heavy atom. The lowest BCUT2D eigenvalue weighted by Gasteiger charge is -2.44. The lowest BCUT2D eigenvalue weighted by molar-refractivity contribution is -0.0231. The summed E-state index contributed by atoms with van der Waals surface area (Å²) in [5.41, 5.74) is 0.789. The van der Waals surface area contributed by atoms with Gasteiger partial charge in [-0.1, -0.05) is 32.3 Å². The van der Waals surface area contributed by atoms with E-state index in [1.807, 2.05) is 0 Å². The maximum absolute atomic E-state index is 8.64. The molecule has 1 aliphatic carbocycles. The van der Waals surface area contributed by atoms with Crippen molar-refractivity contribution in [2.75, 3.05) is 6.61 Å². The van der Waals surface area contributed by atoms with Crippen LogP contribution in [-0.2, 0) is 4.74 Å². The molecule has 0 spiro atoms. The molecule has 1 N–H and O–H groups in total. The highest BCUT2D eigenvalue weighted by Gasteiger charge is 2.46. The van der Waals surface area contributed by atoms with Crippen molar-refractivity contribution in [3.05, 3.63) is 0 Å². The van der Waals surface area contributed by atoms with Crippen LogP contribution in [0.5, 0.6) is 0 Å². The fraction of sp³-hybridized carbons (Fsp3) is 0.900. The van der Waals surface area contributed by atoms with Crippen molar-refractivity contribution in [3.63, 3.8) is 0 Å². The van der Waals surface area contributed by atoms with Crippen LogP contribution in [0.4, 0.5) is 0 Å². The number of ether oxygens (including phenoxy) is 1. The third-order valence-electron chi connectivity index (χ3n) is 2.87. The first-order chi connectivity index (χ1) is 6.12. The zero-order valence-electron chi connectivity index (χ0n) is 8.71. The second-order valence-electron chi connectivity index (χ2n) is 4.19. The molecule has 1 rings (SSSR count). The Kier molecular flexibility index (Phi) is 3.31. The van der Waals surface area contributed by atoms with E-state index in [1.165, 1.54) is 0 Å². The molecule has 0 aromatic carbocycles. The summed E-state index contributed by atoms with van der Waals surface area (Å²) in [6, 6.07) is 0. The summed E-state index contributed by atoms with van der Waals surface area (Å²) in [6.45, 7) is 7.09. The van der Waals surface area contributed by atoms with Gasteiger partial charge in [-0.3, -0.25) is 0 Å². The number of unbranched alkanes of at least 4 members (excludes halogenated alkanes) is 1. The number of nitrogens with zero attached hydrogens (tertiary/aromatic N) is 1. The minimum Gasteiger partial charge on any atom is -0.411 e. The number of hydrogen-bond acceptors (Lipinski definition) is 3. The lowest BCUT2D eigenvalue weighted by Crippen LogP contribution is -2.51. The topological polar surface area (TPSA) is 41.8 Å². The highest BCUT2D eigenvalue weighted by atomic mass is 16.5. The average molecular weight is 185 g/mol. The van der Waals surface area contributed by atoms with E-state index in [0.29, 0.717) is 0 Å². The van der Waals surface area contributed by atoms with Crippen LogP contribution in [0.3, 0.4) is 0 Å². The standard InChI is InChI=1S/C10H19NO2/c1-4-5-6-13-9-7-8(11-12)10(9,2)3/h9,12H,4-7H2,1-3H3. The normalized spacial score (nSPS) is 28.8. The minimum atomic E-state index is -0.0670. The van der Waals surface area contributed by atoms with Crippen LogP contribution >= 0.6 is 0 Å². The van der Waals surface area contributed by atoms with Crippen LogP contribution in [0, 0.1) is 5.41 Å². The van der Waals surface area contributed by atoms with Gasteiger partial charge in [0.15, 0.2) is 0 Å². The molecule has 0 saturated heterocycles. The smallest absolute Gasteiger partial charge is 0.0732 e. The molecule has 1 unspecified atom stereocenters. The van der Waals surface area contributed by atoms with Crippen LogP contribution in [-0.4, -0.2) is 23.6 Å². The van der Waals surface area contributed by atoms with Gasteiger partial charge in [0.25, 0.3) is 0 Å². The molecular weight excluding hydrogens is 166 g/mol. The molecule has 0 heterocycles. The summed E-state index contributed by atoms with van der Waals surface area (Å²) < 4.78 is 5.67. The second kappa shape index (κ2) is 4.09. The Morgan fingerprint density at radius 2 is 2.31 bits per heavy atom. The van der Waals surface area contributed by atoms with Crippen molar-refractivity contribution in [1.29, 1.82) is 0 Å². The molecule has 13 heavy (non-hydrogen) atoms. The molecule has 1 atom stereocenters. The monoisotopic (exact) mass is 185 g/mol. The van der Waals surface area contributed by atoms with Gasteiger partial charge < -0.3 is 9.94 Å². The summed E-state index contributed by atoms with van der Waals surface area (Å²) in [7, 11) is 0. The first-order valence-corrected chi connectivity index (χ1v) is 4.96. The van der Waals surface area contributed by atoms with E-state index in [0.717, 1.165) is 31.6 Å². The average Bonchev–Trinajstić information content (AvgIpc) is 2.10. The molecule has 0 bridgehead atoms. The van der Waals surface area contributed by atoms with Gasteiger partial charge in [-0.2, -0.15) is 0 Å². The van der Waals surface area contributed by atoms with Crippen LogP contribution in [0.2, 0.25) is 0 Å². The summed E-state index contributed by atoms with van der Waals surface area (Å²) in [6.07, 6.45) is 3.30. The Morgan fingerprint density at radius 3 is 2.77 bits per heavy atom. The molecule has 3 nitrogen and oxygen atoms in total. The molecule has 1 fully saturated rings. The van der Waals surface area contributed by atoms with E-state index in [-0.39, 0.29) is 11.5 Å². The number of oxime groups is 1. The van der Waals surface area contributed by atoms with Crippen molar-refractivity contribution < 1.29 is 9.94 Å². The van der Waals surface area contributed by atoms with E-state index >= 15 is 0 Å². The van der Waals surface area contributed by atoms with Gasteiger partial charge in [-0.05, 0) is 6.42 Å². The maximum Gasteiger partial charge on any atom is 0.0732 e. The first kappa shape index (κ1) is 10.5. The predicted molar refractivity (Wildman–Crippen MR) is 52.3 cm³/mol. The quantitative estimate of drug-likeness (QED) is 0.415. The fourth-order valence-corrected chi connectivity index (χ4v) is 1.56. The van der Waals surface area contributed by atoms with Crippen LogP contribution in [0.15, 0.2) is 5.16 Å². The van der Waals surface area contributed by atoms with E-state index in [9.17, 15) is 0 Å². The molecule has 0 radical (unpaired) electrons. The first-order valence-electron chi connectivity index (χ1n) is 4.96. The van der Waals surface area contributed by atoms with Gasteiger partial charge in [0.2, 0.25) is 0 Å². The van der Waals surface area contributed by atoms with Crippen molar-refractivity contribution in [3.8, 4) is 0 Å². The molecule has 1 saturated carbocycles. The van der Waals surface area contributed by atoms with Crippen LogP contribution in [0.1, 0.15) is 40.0 Å². The van der Waals surface area contributed by atoms with E-state index in [1.54, 1.807) is 0 Å². The van der Waals surface area contributed by atoms with Gasteiger partial charge in [0.1, 0.15) is 0 Å². The third-order valence-corrected chi connectivity index (χ3v) is 2.87. The highest BCUT2D eigenvalue weighted by Crippen LogP contribution is 2.39. The Balaban J connectivity index is 2.32. The summed E-state index contributed by atoms with van der Waals surface area (Å²) in [5.74, 6) is 0. The van der Waals surface area contributed by atoms with Crippen LogP contribution in [0.25, 0.3) is 0 Å². The van der Waals surface area contributed by atoms with E-state index in [2.05, 4.69) is 25.9 Å². The molecule has 0 aromatic rings. The highest BCUT2D eigenvalue weighted by molar-refractivity contribution is 5.96. The number of rotatable bonds is 4. The van der Waals surface area contributed by atoms with Gasteiger partial charge in [-0.25, -0.2) is 0 Å². The number of hydrogen-bond donors (Lipinski definition) is 1.